The summed E-state index contributed by atoms with van der Waals surface area (Å²) in [5.74, 6) is 5.27. The summed E-state index contributed by atoms with van der Waals surface area (Å²) in [7, 11) is 1.67. The normalized spacial score (nSPS) is 9.81. The van der Waals surface area contributed by atoms with Gasteiger partial charge in [0.2, 0.25) is 0 Å². The molecule has 2 aromatic carbocycles. The molecule has 5 nitrogen and oxygen atoms in total. The molecule has 0 aliphatic heterocycles. The Hall–Kier alpha value is -2.84. The van der Waals surface area contributed by atoms with Gasteiger partial charge in [-0.25, -0.2) is 0 Å². The molecular weight excluding hydrogens is 264 g/mol. The molecule has 106 valence electrons. The van der Waals surface area contributed by atoms with Gasteiger partial charge in [0.15, 0.2) is 0 Å². The number of aryl methyl sites for hydroxylation is 1. The van der Waals surface area contributed by atoms with Crippen LogP contribution in [-0.4, -0.2) is 13.0 Å². The first-order chi connectivity index (χ1) is 10.1. The number of amides is 1. The molecule has 0 radical (unpaired) electrons. The number of nitrogens with two attached hydrogens (primary N) is 1. The molecule has 5 heteroatoms. The molecule has 0 aromatic heterocycles. The molecule has 1 amide bonds. The van der Waals surface area contributed by atoms with Crippen LogP contribution in [0.2, 0.25) is 0 Å². The Kier molecular flexibility index (Phi) is 4.21. The van der Waals surface area contributed by atoms with Crippen molar-refractivity contribution < 1.29 is 4.79 Å². The zero-order valence-electron chi connectivity index (χ0n) is 11.9. The van der Waals surface area contributed by atoms with E-state index >= 15 is 0 Å². The first kappa shape index (κ1) is 14.6. The molecule has 0 saturated heterocycles. The molecule has 0 heterocycles. The number of hydrogen-bond donors (Lipinski definition) is 2. The maximum atomic E-state index is 12.6. The number of carbonyl (C=O) groups is 1. The molecule has 0 aliphatic rings. The van der Waals surface area contributed by atoms with E-state index in [0.29, 0.717) is 22.5 Å². The van der Waals surface area contributed by atoms with Crippen molar-refractivity contribution in [2.24, 2.45) is 5.84 Å². The van der Waals surface area contributed by atoms with Crippen molar-refractivity contribution in [3.8, 4) is 6.07 Å². The number of rotatable bonds is 3. The number of anilines is 2. The first-order valence-corrected chi connectivity index (χ1v) is 6.42. The van der Waals surface area contributed by atoms with Gasteiger partial charge in [-0.1, -0.05) is 17.7 Å². The quantitative estimate of drug-likeness (QED) is 0.668. The van der Waals surface area contributed by atoms with Crippen LogP contribution in [0.1, 0.15) is 21.5 Å². The molecule has 3 N–H and O–H groups in total. The van der Waals surface area contributed by atoms with E-state index in [1.165, 1.54) is 4.90 Å². The van der Waals surface area contributed by atoms with E-state index in [1.54, 1.807) is 43.4 Å². The molecule has 2 aromatic rings. The Labute approximate surface area is 123 Å². The molecular formula is C16H16N4O. The smallest absolute Gasteiger partial charge is 0.260 e. The second-order valence-corrected chi connectivity index (χ2v) is 4.72. The van der Waals surface area contributed by atoms with Crippen molar-refractivity contribution in [3.63, 3.8) is 0 Å². The third kappa shape index (κ3) is 3.02. The van der Waals surface area contributed by atoms with E-state index in [1.807, 2.05) is 13.0 Å². The molecule has 0 bridgehead atoms. The Bertz CT molecular complexity index is 718. The molecule has 0 saturated carbocycles. The molecule has 0 aliphatic carbocycles. The lowest BCUT2D eigenvalue weighted by atomic mass is 10.1. The van der Waals surface area contributed by atoms with E-state index in [9.17, 15) is 4.79 Å². The third-order valence-corrected chi connectivity index (χ3v) is 3.23. The van der Waals surface area contributed by atoms with Crippen LogP contribution in [0, 0.1) is 18.3 Å². The Balaban J connectivity index is 2.39. The largest absolute Gasteiger partial charge is 0.323 e. The van der Waals surface area contributed by atoms with Gasteiger partial charge in [0.25, 0.3) is 5.91 Å². The van der Waals surface area contributed by atoms with Crippen molar-refractivity contribution in [2.75, 3.05) is 17.4 Å². The van der Waals surface area contributed by atoms with Crippen LogP contribution in [0.15, 0.2) is 42.5 Å². The summed E-state index contributed by atoms with van der Waals surface area (Å²) in [4.78, 5) is 14.1. The van der Waals surface area contributed by atoms with Crippen LogP contribution in [0.4, 0.5) is 11.4 Å². The Morgan fingerprint density at radius 2 is 2.05 bits per heavy atom. The zero-order valence-corrected chi connectivity index (χ0v) is 11.9. The number of carbonyl (C=O) groups excluding carboxylic acids is 1. The topological polar surface area (TPSA) is 82.2 Å². The lowest BCUT2D eigenvalue weighted by molar-refractivity contribution is 0.0993. The predicted octanol–water partition coefficient (Wildman–Crippen LogP) is 2.43. The summed E-state index contributed by atoms with van der Waals surface area (Å²) in [5, 5.41) is 8.94. The van der Waals surface area contributed by atoms with E-state index in [4.69, 9.17) is 11.1 Å². The second-order valence-electron chi connectivity index (χ2n) is 4.72. The first-order valence-electron chi connectivity index (χ1n) is 6.42. The summed E-state index contributed by atoms with van der Waals surface area (Å²) in [6.45, 7) is 1.91. The van der Waals surface area contributed by atoms with Gasteiger partial charge in [-0.15, -0.1) is 0 Å². The summed E-state index contributed by atoms with van der Waals surface area (Å²) >= 11 is 0. The second kappa shape index (κ2) is 6.07. The fourth-order valence-electron chi connectivity index (χ4n) is 2.04. The number of hydrogen-bond acceptors (Lipinski definition) is 4. The van der Waals surface area contributed by atoms with Crippen molar-refractivity contribution in [1.29, 1.82) is 5.26 Å². The van der Waals surface area contributed by atoms with Gasteiger partial charge in [-0.2, -0.15) is 5.26 Å². The summed E-state index contributed by atoms with van der Waals surface area (Å²) in [5.41, 5.74) is 5.72. The summed E-state index contributed by atoms with van der Waals surface area (Å²) in [6, 6.07) is 14.4. The fraction of sp³-hybridized carbons (Fsp3) is 0.125. The van der Waals surface area contributed by atoms with Crippen LogP contribution in [0.5, 0.6) is 0 Å². The van der Waals surface area contributed by atoms with Gasteiger partial charge < -0.3 is 10.3 Å². The highest BCUT2D eigenvalue weighted by molar-refractivity contribution is 6.09. The van der Waals surface area contributed by atoms with Crippen LogP contribution >= 0.6 is 0 Å². The standard InChI is InChI=1S/C16H16N4O/c1-11-6-7-15(19-18)14(8-11)16(21)20(2)13-5-3-4-12(9-13)10-17/h3-9,19H,18H2,1-2H3. The summed E-state index contributed by atoms with van der Waals surface area (Å²) < 4.78 is 0. The molecule has 0 atom stereocenters. The van der Waals surface area contributed by atoms with Crippen LogP contribution in [0.25, 0.3) is 0 Å². The number of nitrogens with zero attached hydrogens (tertiary/aromatic N) is 2. The van der Waals surface area contributed by atoms with E-state index in [2.05, 4.69) is 11.5 Å². The van der Waals surface area contributed by atoms with E-state index in [-0.39, 0.29) is 5.91 Å². The highest BCUT2D eigenvalue weighted by Crippen LogP contribution is 2.22. The molecule has 0 fully saturated rings. The average Bonchev–Trinajstić information content (AvgIpc) is 2.53. The van der Waals surface area contributed by atoms with Gasteiger partial charge in [0.1, 0.15) is 0 Å². The lowest BCUT2D eigenvalue weighted by Gasteiger charge is -2.19. The minimum absolute atomic E-state index is 0.193. The fourth-order valence-corrected chi connectivity index (χ4v) is 2.04. The third-order valence-electron chi connectivity index (χ3n) is 3.23. The summed E-state index contributed by atoms with van der Waals surface area (Å²) in [6.07, 6.45) is 0. The number of benzene rings is 2. The van der Waals surface area contributed by atoms with Crippen molar-refractivity contribution >= 4 is 17.3 Å². The highest BCUT2D eigenvalue weighted by Gasteiger charge is 2.17. The van der Waals surface area contributed by atoms with Gasteiger partial charge >= 0.3 is 0 Å². The SMILES string of the molecule is Cc1ccc(NN)c(C(=O)N(C)c2cccc(C#N)c2)c1. The molecule has 2 rings (SSSR count). The van der Waals surface area contributed by atoms with Crippen LogP contribution in [0.3, 0.4) is 0 Å². The monoisotopic (exact) mass is 280 g/mol. The van der Waals surface area contributed by atoms with Crippen molar-refractivity contribution in [2.45, 2.75) is 6.92 Å². The number of nitrogens with one attached hydrogen (secondary N) is 1. The lowest BCUT2D eigenvalue weighted by Crippen LogP contribution is -2.27. The Morgan fingerprint density at radius 3 is 2.71 bits per heavy atom. The minimum atomic E-state index is -0.193. The number of nitriles is 1. The number of hydrazine groups is 1. The van der Waals surface area contributed by atoms with Gasteiger partial charge in [-0.3, -0.25) is 10.6 Å². The molecule has 0 unspecified atom stereocenters. The molecule has 21 heavy (non-hydrogen) atoms. The van der Waals surface area contributed by atoms with Gasteiger partial charge in [-0.05, 0) is 37.3 Å². The maximum Gasteiger partial charge on any atom is 0.260 e. The minimum Gasteiger partial charge on any atom is -0.323 e. The van der Waals surface area contributed by atoms with Gasteiger partial charge in [0.05, 0.1) is 22.9 Å². The zero-order chi connectivity index (χ0) is 15.4. The highest BCUT2D eigenvalue weighted by atomic mass is 16.2. The van der Waals surface area contributed by atoms with Crippen molar-refractivity contribution in [3.05, 3.63) is 59.2 Å². The number of nitrogen functional groups attached to an aromatic ring is 1. The van der Waals surface area contributed by atoms with E-state index in [0.717, 1.165) is 5.56 Å². The predicted molar refractivity (Wildman–Crippen MR) is 82.9 cm³/mol. The maximum absolute atomic E-state index is 12.6. The van der Waals surface area contributed by atoms with Crippen LogP contribution in [-0.2, 0) is 0 Å². The Morgan fingerprint density at radius 1 is 1.29 bits per heavy atom. The van der Waals surface area contributed by atoms with E-state index < -0.39 is 0 Å². The average molecular weight is 280 g/mol. The van der Waals surface area contributed by atoms with Gasteiger partial charge in [0, 0.05) is 12.7 Å². The van der Waals surface area contributed by atoms with Crippen molar-refractivity contribution in [1.82, 2.24) is 0 Å². The molecule has 0 spiro atoms. The van der Waals surface area contributed by atoms with Crippen LogP contribution < -0.4 is 16.2 Å².